The van der Waals surface area contributed by atoms with Crippen LogP contribution in [0, 0.1) is 0 Å². The highest BCUT2D eigenvalue weighted by atomic mass is 35.5. The molecule has 4 rings (SSSR count). The molecular weight excluding hydrogens is 486 g/mol. The molecule has 4 unspecified atom stereocenters. The summed E-state index contributed by atoms with van der Waals surface area (Å²) in [6, 6.07) is 0. The number of fused-ring (bicyclic) bond motifs is 1. The lowest BCUT2D eigenvalue weighted by atomic mass is 9.93. The Hall–Kier alpha value is -2.58. The van der Waals surface area contributed by atoms with E-state index in [-0.39, 0.29) is 23.4 Å². The molecular formula is C21H28ClN5O8. The average Bonchev–Trinajstić information content (AvgIpc) is 3.35. The van der Waals surface area contributed by atoms with Crippen molar-refractivity contribution in [3.63, 3.8) is 0 Å². The first kappa shape index (κ1) is 25.5. The third kappa shape index (κ3) is 4.91. The molecule has 192 valence electrons. The maximum atomic E-state index is 12.3. The number of rotatable bonds is 4. The van der Waals surface area contributed by atoms with Crippen LogP contribution in [0.25, 0.3) is 11.0 Å². The lowest BCUT2D eigenvalue weighted by Crippen LogP contribution is -2.53. The molecule has 0 radical (unpaired) electrons. The molecule has 4 heterocycles. The fourth-order valence-electron chi connectivity index (χ4n) is 4.18. The van der Waals surface area contributed by atoms with E-state index in [1.54, 1.807) is 34.6 Å². The van der Waals surface area contributed by atoms with Crippen LogP contribution >= 0.6 is 11.6 Å². The van der Waals surface area contributed by atoms with E-state index >= 15 is 0 Å². The van der Waals surface area contributed by atoms with E-state index in [9.17, 15) is 14.7 Å². The number of carbonyl (C=O) groups excluding carboxylic acids is 2. The van der Waals surface area contributed by atoms with Gasteiger partial charge in [0.05, 0.1) is 24.8 Å². The quantitative estimate of drug-likeness (QED) is 0.456. The van der Waals surface area contributed by atoms with Crippen molar-refractivity contribution in [2.45, 2.75) is 77.0 Å². The second-order valence-electron chi connectivity index (χ2n) is 9.77. The van der Waals surface area contributed by atoms with Gasteiger partial charge in [-0.25, -0.2) is 9.48 Å². The van der Waals surface area contributed by atoms with Gasteiger partial charge in [0.1, 0.15) is 11.7 Å². The van der Waals surface area contributed by atoms with Crippen molar-refractivity contribution in [2.24, 2.45) is 0 Å². The molecule has 0 aliphatic carbocycles. The van der Waals surface area contributed by atoms with Gasteiger partial charge in [-0.1, -0.05) is 0 Å². The molecule has 2 aromatic rings. The number of hydrogen-bond donors (Lipinski definition) is 2. The van der Waals surface area contributed by atoms with Crippen molar-refractivity contribution in [3.8, 4) is 0 Å². The Morgan fingerprint density at radius 2 is 2.06 bits per heavy atom. The minimum absolute atomic E-state index is 0.0000637. The number of anilines is 1. The zero-order valence-corrected chi connectivity index (χ0v) is 21.0. The van der Waals surface area contributed by atoms with Gasteiger partial charge in [0.25, 0.3) is 0 Å². The van der Waals surface area contributed by atoms with E-state index in [0.29, 0.717) is 5.39 Å². The van der Waals surface area contributed by atoms with Gasteiger partial charge in [0.15, 0.2) is 35.2 Å². The number of ether oxygens (including phenoxy) is 5. The Bertz CT molecular complexity index is 1150. The number of carbonyl (C=O) groups is 2. The molecule has 2 saturated heterocycles. The number of esters is 1. The van der Waals surface area contributed by atoms with E-state index in [2.05, 4.69) is 20.4 Å². The molecule has 0 bridgehead atoms. The summed E-state index contributed by atoms with van der Waals surface area (Å²) in [5.74, 6) is -1.53. The Kier molecular flexibility index (Phi) is 6.43. The van der Waals surface area contributed by atoms with E-state index in [4.69, 9.17) is 35.3 Å². The summed E-state index contributed by atoms with van der Waals surface area (Å²) in [6.45, 7) is 9.41. The number of aliphatic hydroxyl groups is 1. The topological polar surface area (TPSA) is 156 Å². The standard InChI is InChI=1S/C21H28ClN5O8/c1-10(29)32-13-16(33-12(8-28)21(13)9-31-20(5,6)35-21)27-15-11(7-23-27)14(24-17(22)26-15)25-18(30)34-19(2,3)4/h7,12-13,16,28H,8-9H2,1-6H3,(H,24,25,26,30). The summed E-state index contributed by atoms with van der Waals surface area (Å²) < 4.78 is 30.2. The first-order chi connectivity index (χ1) is 16.2. The average molecular weight is 514 g/mol. The van der Waals surface area contributed by atoms with E-state index < -0.39 is 54.1 Å². The predicted octanol–water partition coefficient (Wildman–Crippen LogP) is 2.17. The largest absolute Gasteiger partial charge is 0.454 e. The Morgan fingerprint density at radius 3 is 2.63 bits per heavy atom. The highest BCUT2D eigenvalue weighted by Crippen LogP contribution is 2.48. The normalized spacial score (nSPS) is 27.9. The Morgan fingerprint density at radius 1 is 1.34 bits per heavy atom. The lowest BCUT2D eigenvalue weighted by Gasteiger charge is -2.33. The van der Waals surface area contributed by atoms with Gasteiger partial charge in [-0.15, -0.1) is 0 Å². The van der Waals surface area contributed by atoms with Crippen LogP contribution in [0.15, 0.2) is 6.20 Å². The molecule has 35 heavy (non-hydrogen) atoms. The minimum atomic E-state index is -1.30. The molecule has 0 aromatic carbocycles. The van der Waals surface area contributed by atoms with E-state index in [1.165, 1.54) is 17.8 Å². The van der Waals surface area contributed by atoms with Crippen molar-refractivity contribution >= 4 is 40.5 Å². The van der Waals surface area contributed by atoms with Gasteiger partial charge in [-0.2, -0.15) is 15.1 Å². The number of nitrogens with zero attached hydrogens (tertiary/aromatic N) is 4. The first-order valence-corrected chi connectivity index (χ1v) is 11.3. The van der Waals surface area contributed by atoms with Gasteiger partial charge in [-0.3, -0.25) is 10.1 Å². The monoisotopic (exact) mass is 513 g/mol. The smallest absolute Gasteiger partial charge is 0.413 e. The van der Waals surface area contributed by atoms with Crippen molar-refractivity contribution < 1.29 is 38.4 Å². The summed E-state index contributed by atoms with van der Waals surface area (Å²) in [5, 5.41) is 17.1. The van der Waals surface area contributed by atoms with Crippen LogP contribution in [0.2, 0.25) is 5.28 Å². The van der Waals surface area contributed by atoms with Gasteiger partial charge in [0.2, 0.25) is 5.28 Å². The van der Waals surface area contributed by atoms with Crippen LogP contribution in [-0.4, -0.2) is 79.3 Å². The third-order valence-corrected chi connectivity index (χ3v) is 5.59. The number of amides is 1. The molecule has 4 atom stereocenters. The number of nitrogens with one attached hydrogen (secondary N) is 1. The van der Waals surface area contributed by atoms with Crippen LogP contribution in [0.3, 0.4) is 0 Å². The zero-order chi connectivity index (χ0) is 25.8. The highest BCUT2D eigenvalue weighted by Gasteiger charge is 2.66. The van der Waals surface area contributed by atoms with Gasteiger partial charge in [-0.05, 0) is 46.2 Å². The summed E-state index contributed by atoms with van der Waals surface area (Å²) >= 11 is 6.14. The van der Waals surface area contributed by atoms with Gasteiger partial charge in [0, 0.05) is 6.92 Å². The van der Waals surface area contributed by atoms with Gasteiger partial charge < -0.3 is 28.8 Å². The molecule has 2 N–H and O–H groups in total. The summed E-state index contributed by atoms with van der Waals surface area (Å²) in [7, 11) is 0. The Labute approximate surface area is 206 Å². The van der Waals surface area contributed by atoms with Crippen LogP contribution in [0.5, 0.6) is 0 Å². The molecule has 13 nitrogen and oxygen atoms in total. The van der Waals surface area contributed by atoms with Crippen LogP contribution in [-0.2, 0) is 28.5 Å². The third-order valence-electron chi connectivity index (χ3n) is 5.42. The number of aromatic nitrogens is 4. The van der Waals surface area contributed by atoms with Crippen molar-refractivity contribution in [3.05, 3.63) is 11.5 Å². The number of halogens is 1. The van der Waals surface area contributed by atoms with Gasteiger partial charge >= 0.3 is 12.1 Å². The van der Waals surface area contributed by atoms with Crippen molar-refractivity contribution in [1.29, 1.82) is 0 Å². The second-order valence-corrected chi connectivity index (χ2v) is 10.1. The van der Waals surface area contributed by atoms with E-state index in [1.807, 2.05) is 0 Å². The van der Waals surface area contributed by atoms with E-state index in [0.717, 1.165) is 0 Å². The predicted molar refractivity (Wildman–Crippen MR) is 121 cm³/mol. The maximum absolute atomic E-state index is 12.3. The molecule has 2 aliphatic heterocycles. The summed E-state index contributed by atoms with van der Waals surface area (Å²) in [6.07, 6.45) is -2.37. The number of hydrogen-bond acceptors (Lipinski definition) is 11. The molecule has 2 aliphatic rings. The molecule has 14 heteroatoms. The maximum Gasteiger partial charge on any atom is 0.413 e. The van der Waals surface area contributed by atoms with Crippen LogP contribution in [0.4, 0.5) is 10.6 Å². The minimum Gasteiger partial charge on any atom is -0.454 e. The second kappa shape index (κ2) is 8.82. The van der Waals surface area contributed by atoms with Crippen LogP contribution < -0.4 is 5.32 Å². The fourth-order valence-corrected chi connectivity index (χ4v) is 4.35. The van der Waals surface area contributed by atoms with Crippen LogP contribution in [0.1, 0.15) is 47.8 Å². The molecule has 2 fully saturated rings. The Balaban J connectivity index is 1.76. The van der Waals surface area contributed by atoms with Crippen molar-refractivity contribution in [1.82, 2.24) is 19.7 Å². The zero-order valence-electron chi connectivity index (χ0n) is 20.2. The number of aliphatic hydroxyl groups excluding tert-OH is 1. The molecule has 0 saturated carbocycles. The molecule has 1 amide bonds. The fraction of sp³-hybridized carbons (Fsp3) is 0.667. The SMILES string of the molecule is CC(=O)OC1C(n2ncc3c(NC(=O)OC(C)(C)C)nc(Cl)nc32)OC(CO)C12COC(C)(C)O2. The highest BCUT2D eigenvalue weighted by molar-refractivity contribution is 6.28. The summed E-state index contributed by atoms with van der Waals surface area (Å²) in [5.41, 5.74) is -1.85. The summed E-state index contributed by atoms with van der Waals surface area (Å²) in [4.78, 5) is 32.7. The first-order valence-electron chi connectivity index (χ1n) is 10.9. The molecule has 2 aromatic heterocycles. The lowest BCUT2D eigenvalue weighted by molar-refractivity contribution is -0.198. The molecule has 1 spiro atoms. The van der Waals surface area contributed by atoms with Crippen molar-refractivity contribution in [2.75, 3.05) is 18.5 Å².